The number of hydrogen-bond acceptors (Lipinski definition) is 5. The molecule has 1 aromatic rings. The monoisotopic (exact) mass is 280 g/mol. The predicted octanol–water partition coefficient (Wildman–Crippen LogP) is 1.17. The Morgan fingerprint density at radius 1 is 1.26 bits per heavy atom. The van der Waals surface area contributed by atoms with Crippen LogP contribution >= 0.6 is 11.8 Å². The summed E-state index contributed by atoms with van der Waals surface area (Å²) in [4.78, 5) is 1.87. The lowest BCUT2D eigenvalue weighted by Crippen LogP contribution is -2.50. The van der Waals surface area contributed by atoms with Gasteiger partial charge in [0.05, 0.1) is 6.54 Å². The Morgan fingerprint density at radius 2 is 1.89 bits per heavy atom. The molecule has 19 heavy (non-hydrogen) atoms. The topological polar surface area (TPSA) is 65.8 Å². The maximum absolute atomic E-state index is 10.6. The van der Waals surface area contributed by atoms with Gasteiger partial charge in [-0.15, -0.1) is 0 Å². The number of β-amino-alcohol motifs (C(OH)–C–C–N with tert-alkyl or cyclic N) is 1. The minimum atomic E-state index is -1.09. The van der Waals surface area contributed by atoms with Crippen LogP contribution in [0.4, 0.5) is 0 Å². The van der Waals surface area contributed by atoms with Crippen molar-refractivity contribution in [1.82, 2.24) is 4.90 Å². The van der Waals surface area contributed by atoms with Crippen LogP contribution in [0.15, 0.2) is 24.3 Å². The summed E-state index contributed by atoms with van der Waals surface area (Å²) in [5.41, 5.74) is -1.09. The number of ether oxygens (including phenoxy) is 2. The van der Waals surface area contributed by atoms with Gasteiger partial charge in [0.15, 0.2) is 16.7 Å². The fourth-order valence-electron chi connectivity index (χ4n) is 2.20. The Labute approximate surface area is 116 Å². The molecule has 2 aliphatic heterocycles. The molecular weight excluding hydrogens is 264 g/mol. The van der Waals surface area contributed by atoms with Crippen LogP contribution in [0.2, 0.25) is 0 Å². The highest BCUT2D eigenvalue weighted by Crippen LogP contribution is 2.31. The minimum Gasteiger partial charge on any atom is -0.486 e. The van der Waals surface area contributed by atoms with E-state index in [1.165, 1.54) is 11.8 Å². The molecule has 2 N–H and O–H groups in total. The van der Waals surface area contributed by atoms with E-state index in [9.17, 15) is 5.11 Å². The van der Waals surface area contributed by atoms with Gasteiger partial charge in [-0.25, -0.2) is 0 Å². The third-order valence-corrected chi connectivity index (χ3v) is 4.13. The molecule has 1 saturated heterocycles. The first-order chi connectivity index (χ1) is 9.16. The molecule has 5 nitrogen and oxygen atoms in total. The first-order valence-electron chi connectivity index (χ1n) is 6.20. The van der Waals surface area contributed by atoms with Crippen molar-refractivity contribution in [3.05, 3.63) is 24.3 Å². The van der Waals surface area contributed by atoms with Crippen molar-refractivity contribution >= 4 is 16.9 Å². The summed E-state index contributed by atoms with van der Waals surface area (Å²) in [6.45, 7) is 1.52. The molecule has 1 fully saturated rings. The molecule has 0 spiro atoms. The zero-order valence-corrected chi connectivity index (χ0v) is 11.3. The van der Waals surface area contributed by atoms with E-state index >= 15 is 0 Å². The maximum atomic E-state index is 10.6. The van der Waals surface area contributed by atoms with Crippen molar-refractivity contribution in [2.45, 2.75) is 5.60 Å². The van der Waals surface area contributed by atoms with E-state index in [1.54, 1.807) is 0 Å². The third-order valence-electron chi connectivity index (χ3n) is 3.21. The van der Waals surface area contributed by atoms with Crippen molar-refractivity contribution in [3.8, 4) is 11.5 Å². The number of hydrogen-bond donors (Lipinski definition) is 2. The second-order valence-electron chi connectivity index (χ2n) is 4.82. The van der Waals surface area contributed by atoms with Gasteiger partial charge in [0, 0.05) is 12.3 Å². The second kappa shape index (κ2) is 4.94. The van der Waals surface area contributed by atoms with Crippen LogP contribution in [0.25, 0.3) is 0 Å². The van der Waals surface area contributed by atoms with E-state index in [0.29, 0.717) is 23.2 Å². The Bertz CT molecular complexity index is 468. The largest absolute Gasteiger partial charge is 0.486 e. The number of nitrogens with one attached hydrogen (secondary N) is 1. The second-order valence-corrected chi connectivity index (χ2v) is 5.91. The molecule has 0 bridgehead atoms. The van der Waals surface area contributed by atoms with E-state index in [-0.39, 0.29) is 13.2 Å². The van der Waals surface area contributed by atoms with Gasteiger partial charge in [0.25, 0.3) is 0 Å². The van der Waals surface area contributed by atoms with Crippen LogP contribution in [0.1, 0.15) is 0 Å². The van der Waals surface area contributed by atoms with E-state index in [1.807, 2.05) is 29.2 Å². The van der Waals surface area contributed by atoms with Gasteiger partial charge in [-0.1, -0.05) is 23.9 Å². The first-order valence-corrected chi connectivity index (χ1v) is 7.18. The number of fused-ring (bicyclic) bond motifs is 1. The molecule has 0 unspecified atom stereocenters. The van der Waals surface area contributed by atoms with Crippen LogP contribution in [-0.2, 0) is 0 Å². The molecule has 0 radical (unpaired) electrons. The molecule has 3 rings (SSSR count). The zero-order valence-electron chi connectivity index (χ0n) is 10.5. The van der Waals surface area contributed by atoms with Crippen molar-refractivity contribution in [3.63, 3.8) is 0 Å². The van der Waals surface area contributed by atoms with Crippen LogP contribution in [0.3, 0.4) is 0 Å². The summed E-state index contributed by atoms with van der Waals surface area (Å²) in [6.07, 6.45) is 0. The lowest BCUT2D eigenvalue weighted by molar-refractivity contribution is -0.0397. The number of rotatable bonds is 2. The number of nitrogens with zero attached hydrogens (tertiary/aromatic N) is 1. The van der Waals surface area contributed by atoms with Crippen molar-refractivity contribution < 1.29 is 14.6 Å². The molecule has 0 amide bonds. The Kier molecular flexibility index (Phi) is 3.28. The number of aliphatic hydroxyl groups is 1. The quantitative estimate of drug-likeness (QED) is 0.851. The maximum Gasteiger partial charge on any atom is 0.161 e. The zero-order chi connectivity index (χ0) is 13.3. The van der Waals surface area contributed by atoms with E-state index in [2.05, 4.69) is 0 Å². The standard InChI is InChI=1S/C13H16N2O3S/c14-12-15(5-6-19-12)7-13(16)8-17-10-3-1-2-4-11(10)18-9-13/h1-4,14,16H,5-9H2. The lowest BCUT2D eigenvalue weighted by Gasteiger charge is -2.30. The molecule has 0 atom stereocenters. The van der Waals surface area contributed by atoms with E-state index in [0.717, 1.165) is 12.3 Å². The summed E-state index contributed by atoms with van der Waals surface area (Å²) in [6, 6.07) is 7.41. The number of para-hydroxylation sites is 2. The average Bonchev–Trinajstić information content (AvgIpc) is 2.71. The summed E-state index contributed by atoms with van der Waals surface area (Å²) in [5.74, 6) is 2.21. The van der Waals surface area contributed by atoms with Crippen molar-refractivity contribution in [2.24, 2.45) is 0 Å². The molecule has 0 aliphatic carbocycles. The number of amidine groups is 1. The normalized spacial score (nSPS) is 21.3. The molecule has 2 aliphatic rings. The third kappa shape index (κ3) is 2.64. The van der Waals surface area contributed by atoms with Crippen LogP contribution in [0.5, 0.6) is 11.5 Å². The lowest BCUT2D eigenvalue weighted by atomic mass is 10.1. The van der Waals surface area contributed by atoms with Crippen LogP contribution in [0, 0.1) is 5.41 Å². The fourth-order valence-corrected chi connectivity index (χ4v) is 3.04. The molecule has 6 heteroatoms. The van der Waals surface area contributed by atoms with Gasteiger partial charge in [0.1, 0.15) is 18.8 Å². The molecule has 2 heterocycles. The summed E-state index contributed by atoms with van der Waals surface area (Å²) < 4.78 is 11.3. The minimum absolute atomic E-state index is 0.179. The van der Waals surface area contributed by atoms with E-state index < -0.39 is 5.60 Å². The fraction of sp³-hybridized carbons (Fsp3) is 0.462. The van der Waals surface area contributed by atoms with Gasteiger partial charge < -0.3 is 19.5 Å². The molecule has 102 valence electrons. The van der Waals surface area contributed by atoms with Crippen molar-refractivity contribution in [2.75, 3.05) is 32.1 Å². The van der Waals surface area contributed by atoms with Crippen LogP contribution < -0.4 is 9.47 Å². The van der Waals surface area contributed by atoms with Crippen LogP contribution in [-0.4, -0.2) is 52.8 Å². The smallest absolute Gasteiger partial charge is 0.161 e. The highest BCUT2D eigenvalue weighted by atomic mass is 32.2. The van der Waals surface area contributed by atoms with Gasteiger partial charge in [0.2, 0.25) is 0 Å². The number of benzene rings is 1. The Balaban J connectivity index is 1.71. The number of thioether (sulfide) groups is 1. The molecule has 0 saturated carbocycles. The van der Waals surface area contributed by atoms with Crippen molar-refractivity contribution in [1.29, 1.82) is 5.41 Å². The van der Waals surface area contributed by atoms with Gasteiger partial charge in [-0.05, 0) is 12.1 Å². The summed E-state index contributed by atoms with van der Waals surface area (Å²) in [7, 11) is 0. The highest BCUT2D eigenvalue weighted by Gasteiger charge is 2.36. The highest BCUT2D eigenvalue weighted by molar-refractivity contribution is 8.14. The Morgan fingerprint density at radius 3 is 2.42 bits per heavy atom. The Hall–Kier alpha value is -1.40. The predicted molar refractivity (Wildman–Crippen MR) is 74.1 cm³/mol. The molecule has 1 aromatic carbocycles. The first kappa shape index (κ1) is 12.6. The SMILES string of the molecule is N=C1SCCN1CC1(O)COc2ccccc2OC1. The summed E-state index contributed by atoms with van der Waals surface area (Å²) in [5, 5.41) is 18.9. The van der Waals surface area contributed by atoms with Gasteiger partial charge in [-0.3, -0.25) is 5.41 Å². The van der Waals surface area contributed by atoms with Gasteiger partial charge in [-0.2, -0.15) is 0 Å². The van der Waals surface area contributed by atoms with Gasteiger partial charge >= 0.3 is 0 Å². The summed E-state index contributed by atoms with van der Waals surface area (Å²) >= 11 is 1.50. The average molecular weight is 280 g/mol. The molecular formula is C13H16N2O3S. The molecule has 0 aromatic heterocycles. The van der Waals surface area contributed by atoms with E-state index in [4.69, 9.17) is 14.9 Å².